The Labute approximate surface area is 81.9 Å². The molecule has 0 aromatic heterocycles. The van der Waals surface area contributed by atoms with Crippen molar-refractivity contribution in [2.24, 2.45) is 5.92 Å². The highest BCUT2D eigenvalue weighted by Crippen LogP contribution is 2.36. The van der Waals surface area contributed by atoms with E-state index in [-0.39, 0.29) is 24.1 Å². The second-order valence-corrected chi connectivity index (χ2v) is 3.51. The second-order valence-electron chi connectivity index (χ2n) is 3.51. The molecule has 0 amide bonds. The molecule has 0 unspecified atom stereocenters. The third-order valence-electron chi connectivity index (χ3n) is 2.68. The van der Waals surface area contributed by atoms with Gasteiger partial charge in [-0.05, 0) is 18.4 Å². The number of ether oxygens (including phenoxy) is 2. The van der Waals surface area contributed by atoms with Crippen molar-refractivity contribution < 1.29 is 19.1 Å². The molecule has 2 aliphatic rings. The largest absolute Gasteiger partial charge is 0.490 e. The smallest absolute Gasteiger partial charge is 0.313 e. The zero-order chi connectivity index (χ0) is 10.1. The van der Waals surface area contributed by atoms with E-state index >= 15 is 0 Å². The molecule has 0 aromatic rings. The van der Waals surface area contributed by atoms with Crippen LogP contribution in [0.3, 0.4) is 0 Å². The molecule has 1 heterocycles. The molecular weight excluding hydrogens is 184 g/mol. The van der Waals surface area contributed by atoms with Gasteiger partial charge >= 0.3 is 5.97 Å². The Hall–Kier alpha value is -1.32. The van der Waals surface area contributed by atoms with Crippen LogP contribution in [0.25, 0.3) is 0 Å². The Morgan fingerprint density at radius 3 is 3.07 bits per heavy atom. The molecule has 76 valence electrons. The summed E-state index contributed by atoms with van der Waals surface area (Å²) in [7, 11) is 1.34. The first-order chi connectivity index (χ1) is 6.74. The fourth-order valence-electron chi connectivity index (χ4n) is 2.00. The number of carbonyl (C=O) groups excluding carboxylic acids is 2. The second kappa shape index (κ2) is 3.44. The molecule has 1 atom stereocenters. The van der Waals surface area contributed by atoms with E-state index in [0.29, 0.717) is 12.4 Å². The van der Waals surface area contributed by atoms with Crippen molar-refractivity contribution in [3.63, 3.8) is 0 Å². The minimum Gasteiger partial charge on any atom is -0.490 e. The third kappa shape index (κ3) is 1.31. The molecule has 0 spiro atoms. The van der Waals surface area contributed by atoms with Crippen molar-refractivity contribution >= 4 is 11.8 Å². The molecule has 2 rings (SSSR count). The van der Waals surface area contributed by atoms with Gasteiger partial charge in [0.05, 0.1) is 19.6 Å². The molecule has 0 saturated carbocycles. The molecule has 0 N–H and O–H groups in total. The molecule has 1 aliphatic heterocycles. The SMILES string of the molecule is COC(=O)[C@H]1CC(=O)C2=C1CCCO2. The lowest BCUT2D eigenvalue weighted by molar-refractivity contribution is -0.144. The van der Waals surface area contributed by atoms with E-state index < -0.39 is 0 Å². The van der Waals surface area contributed by atoms with Crippen LogP contribution in [0.1, 0.15) is 19.3 Å². The highest BCUT2D eigenvalue weighted by atomic mass is 16.5. The average molecular weight is 196 g/mol. The Morgan fingerprint density at radius 2 is 2.36 bits per heavy atom. The molecule has 0 bridgehead atoms. The van der Waals surface area contributed by atoms with Gasteiger partial charge in [0, 0.05) is 6.42 Å². The fraction of sp³-hybridized carbons (Fsp3) is 0.600. The number of hydrogen-bond donors (Lipinski definition) is 0. The van der Waals surface area contributed by atoms with Crippen molar-refractivity contribution in [1.29, 1.82) is 0 Å². The molecule has 14 heavy (non-hydrogen) atoms. The zero-order valence-corrected chi connectivity index (χ0v) is 8.04. The van der Waals surface area contributed by atoms with Gasteiger partial charge in [-0.25, -0.2) is 0 Å². The predicted octanol–water partition coefficient (Wildman–Crippen LogP) is 0.813. The molecule has 0 radical (unpaired) electrons. The predicted molar refractivity (Wildman–Crippen MR) is 47.3 cm³/mol. The third-order valence-corrected chi connectivity index (χ3v) is 2.68. The summed E-state index contributed by atoms with van der Waals surface area (Å²) in [5, 5.41) is 0. The van der Waals surface area contributed by atoms with Gasteiger partial charge in [0.2, 0.25) is 0 Å². The molecule has 4 nitrogen and oxygen atoms in total. The summed E-state index contributed by atoms with van der Waals surface area (Å²) < 4.78 is 9.91. The lowest BCUT2D eigenvalue weighted by Crippen LogP contribution is -2.17. The van der Waals surface area contributed by atoms with Crippen molar-refractivity contribution in [1.82, 2.24) is 0 Å². The summed E-state index contributed by atoms with van der Waals surface area (Å²) in [6.07, 6.45) is 1.87. The Kier molecular flexibility index (Phi) is 2.27. The van der Waals surface area contributed by atoms with Gasteiger partial charge in [-0.3, -0.25) is 9.59 Å². The number of esters is 1. The molecule has 0 aromatic carbocycles. The normalized spacial score (nSPS) is 25.8. The van der Waals surface area contributed by atoms with Crippen LogP contribution in [0.5, 0.6) is 0 Å². The van der Waals surface area contributed by atoms with E-state index in [1.54, 1.807) is 0 Å². The van der Waals surface area contributed by atoms with Gasteiger partial charge in [-0.15, -0.1) is 0 Å². The van der Waals surface area contributed by atoms with Gasteiger partial charge in [0.15, 0.2) is 11.5 Å². The van der Waals surface area contributed by atoms with E-state index in [1.807, 2.05) is 0 Å². The van der Waals surface area contributed by atoms with Crippen LogP contribution in [-0.4, -0.2) is 25.5 Å². The number of ketones is 1. The van der Waals surface area contributed by atoms with Crippen LogP contribution in [0.4, 0.5) is 0 Å². The zero-order valence-electron chi connectivity index (χ0n) is 8.04. The van der Waals surface area contributed by atoms with E-state index in [2.05, 4.69) is 4.74 Å². The van der Waals surface area contributed by atoms with E-state index in [9.17, 15) is 9.59 Å². The van der Waals surface area contributed by atoms with Gasteiger partial charge in [-0.1, -0.05) is 0 Å². The lowest BCUT2D eigenvalue weighted by Gasteiger charge is -2.17. The number of hydrogen-bond acceptors (Lipinski definition) is 4. The van der Waals surface area contributed by atoms with Crippen LogP contribution in [0.15, 0.2) is 11.3 Å². The Bertz CT molecular complexity index is 316. The molecule has 4 heteroatoms. The monoisotopic (exact) mass is 196 g/mol. The first-order valence-electron chi connectivity index (χ1n) is 4.71. The quantitative estimate of drug-likeness (QED) is 0.582. The minimum absolute atomic E-state index is 0.0601. The van der Waals surface area contributed by atoms with Crippen LogP contribution in [0, 0.1) is 5.92 Å². The first-order valence-corrected chi connectivity index (χ1v) is 4.71. The molecule has 1 aliphatic carbocycles. The van der Waals surface area contributed by atoms with Gasteiger partial charge in [0.25, 0.3) is 0 Å². The van der Waals surface area contributed by atoms with E-state index in [4.69, 9.17) is 4.74 Å². The van der Waals surface area contributed by atoms with Crippen molar-refractivity contribution in [3.8, 4) is 0 Å². The highest BCUT2D eigenvalue weighted by Gasteiger charge is 2.39. The molecule has 0 saturated heterocycles. The average Bonchev–Trinajstić information content (AvgIpc) is 2.56. The highest BCUT2D eigenvalue weighted by molar-refractivity contribution is 6.01. The van der Waals surface area contributed by atoms with E-state index in [0.717, 1.165) is 18.4 Å². The van der Waals surface area contributed by atoms with Crippen LogP contribution < -0.4 is 0 Å². The van der Waals surface area contributed by atoms with Crippen LogP contribution >= 0.6 is 0 Å². The Morgan fingerprint density at radius 1 is 1.57 bits per heavy atom. The van der Waals surface area contributed by atoms with Gasteiger partial charge in [-0.2, -0.15) is 0 Å². The number of methoxy groups -OCH3 is 1. The topological polar surface area (TPSA) is 52.6 Å². The van der Waals surface area contributed by atoms with Gasteiger partial charge < -0.3 is 9.47 Å². The first kappa shape index (κ1) is 9.24. The summed E-state index contributed by atoms with van der Waals surface area (Å²) in [6.45, 7) is 0.582. The van der Waals surface area contributed by atoms with Crippen molar-refractivity contribution in [2.75, 3.05) is 13.7 Å². The summed E-state index contributed by atoms with van der Waals surface area (Å²) >= 11 is 0. The van der Waals surface area contributed by atoms with Gasteiger partial charge in [0.1, 0.15) is 0 Å². The number of carbonyl (C=O) groups is 2. The maximum atomic E-state index is 11.4. The molecular formula is C10H12O4. The standard InChI is InChI=1S/C10H12O4/c1-13-10(12)7-5-8(11)9-6(7)3-2-4-14-9/h7H,2-5H2,1H3/t7-/m0/s1. The fourth-order valence-corrected chi connectivity index (χ4v) is 2.00. The summed E-state index contributed by atoms with van der Waals surface area (Å²) in [5.41, 5.74) is 0.841. The van der Waals surface area contributed by atoms with E-state index in [1.165, 1.54) is 7.11 Å². The number of rotatable bonds is 1. The maximum Gasteiger partial charge on any atom is 0.313 e. The molecule has 0 fully saturated rings. The summed E-state index contributed by atoms with van der Waals surface area (Å²) in [5.74, 6) is -0.349. The summed E-state index contributed by atoms with van der Waals surface area (Å²) in [6, 6.07) is 0. The van der Waals surface area contributed by atoms with Crippen molar-refractivity contribution in [2.45, 2.75) is 19.3 Å². The van der Waals surface area contributed by atoms with Crippen molar-refractivity contribution in [3.05, 3.63) is 11.3 Å². The number of Topliss-reactive ketones (excluding diaryl/α,β-unsaturated/α-hetero) is 1. The van der Waals surface area contributed by atoms with Crippen LogP contribution in [-0.2, 0) is 19.1 Å². The minimum atomic E-state index is -0.386. The van der Waals surface area contributed by atoms with Crippen LogP contribution in [0.2, 0.25) is 0 Å². The maximum absolute atomic E-state index is 11.4. The summed E-state index contributed by atoms with van der Waals surface area (Å²) in [4.78, 5) is 22.8. The lowest BCUT2D eigenvalue weighted by atomic mass is 9.97. The Balaban J connectivity index is 2.27. The number of allylic oxidation sites excluding steroid dienone is 1.